The maximum Gasteiger partial charge on any atom is 0.417 e. The van der Waals surface area contributed by atoms with Crippen LogP contribution < -0.4 is 9.98 Å². The van der Waals surface area contributed by atoms with Gasteiger partial charge in [-0.05, 0) is 31.2 Å². The molecule has 0 aromatic carbocycles. The topological polar surface area (TPSA) is 77.7 Å². The Morgan fingerprint density at radius 3 is 2.85 bits per heavy atom. The molecule has 2 rings (SSSR count). The van der Waals surface area contributed by atoms with Crippen molar-refractivity contribution in [1.29, 1.82) is 0 Å². The summed E-state index contributed by atoms with van der Waals surface area (Å²) < 4.78 is 54.8. The van der Waals surface area contributed by atoms with Gasteiger partial charge >= 0.3 is 11.3 Å². The van der Waals surface area contributed by atoms with Crippen molar-refractivity contribution in [2.75, 3.05) is 13.7 Å². The highest BCUT2D eigenvalue weighted by molar-refractivity contribution is 7.96. The Morgan fingerprint density at radius 2 is 2.30 bits per heavy atom. The lowest BCUT2D eigenvalue weighted by Gasteiger charge is -2.35. The SMILES string of the molecule is CNC(S)=[N+]=CC1CO[C@H]([C@@H](OCc2ccc(C)nc2)C(F)(F)F)C[C@@H]1O. The summed E-state index contributed by atoms with van der Waals surface area (Å²) in [6.45, 7) is 1.44. The Bertz CT molecular complexity index is 678. The number of pyridine rings is 1. The molecular formula is C17H23F3N3O3S+. The number of aryl methyl sites for hydroxylation is 1. The van der Waals surface area contributed by atoms with E-state index in [2.05, 4.69) is 27.6 Å². The predicted molar refractivity (Wildman–Crippen MR) is 98.7 cm³/mol. The highest BCUT2D eigenvalue weighted by atomic mass is 32.1. The Kier molecular flexibility index (Phi) is 7.69. The van der Waals surface area contributed by atoms with Crippen molar-refractivity contribution >= 4 is 24.0 Å². The second kappa shape index (κ2) is 9.57. The molecule has 1 saturated heterocycles. The summed E-state index contributed by atoms with van der Waals surface area (Å²) >= 11 is 4.03. The van der Waals surface area contributed by atoms with Crippen LogP contribution >= 0.6 is 12.6 Å². The molecule has 1 fully saturated rings. The van der Waals surface area contributed by atoms with Gasteiger partial charge in [0.25, 0.3) is 0 Å². The van der Waals surface area contributed by atoms with Crippen molar-refractivity contribution in [3.8, 4) is 0 Å². The molecule has 1 unspecified atom stereocenters. The first-order valence-electron chi connectivity index (χ1n) is 8.38. The highest BCUT2D eigenvalue weighted by Gasteiger charge is 2.49. The number of alkyl halides is 3. The summed E-state index contributed by atoms with van der Waals surface area (Å²) in [5.74, 6) is -0.521. The number of aliphatic hydroxyl groups is 1. The van der Waals surface area contributed by atoms with E-state index in [4.69, 9.17) is 9.47 Å². The molecular weight excluding hydrogens is 383 g/mol. The van der Waals surface area contributed by atoms with Crippen LogP contribution in [-0.4, -0.2) is 59.6 Å². The van der Waals surface area contributed by atoms with Crippen LogP contribution in [0.1, 0.15) is 17.7 Å². The van der Waals surface area contributed by atoms with Crippen LogP contribution in [-0.2, 0) is 16.1 Å². The monoisotopic (exact) mass is 406 g/mol. The first kappa shape index (κ1) is 21.7. The second-order valence-corrected chi connectivity index (χ2v) is 6.70. The highest BCUT2D eigenvalue weighted by Crippen LogP contribution is 2.32. The third kappa shape index (κ3) is 6.51. The molecule has 0 saturated carbocycles. The fourth-order valence-corrected chi connectivity index (χ4v) is 2.66. The van der Waals surface area contributed by atoms with Crippen LogP contribution in [0.25, 0.3) is 0 Å². The zero-order valence-electron chi connectivity index (χ0n) is 15.0. The van der Waals surface area contributed by atoms with E-state index in [1.165, 1.54) is 12.4 Å². The van der Waals surface area contributed by atoms with Gasteiger partial charge < -0.3 is 14.6 Å². The van der Waals surface area contributed by atoms with Crippen LogP contribution in [0.5, 0.6) is 0 Å². The zero-order valence-corrected chi connectivity index (χ0v) is 15.9. The lowest BCUT2D eigenvalue weighted by Crippen LogP contribution is -2.50. The van der Waals surface area contributed by atoms with Gasteiger partial charge in [0.05, 0.1) is 38.4 Å². The molecule has 2 N–H and O–H groups in total. The molecule has 0 spiro atoms. The van der Waals surface area contributed by atoms with E-state index in [0.29, 0.717) is 10.7 Å². The molecule has 150 valence electrons. The van der Waals surface area contributed by atoms with Crippen LogP contribution in [0, 0.1) is 12.8 Å². The van der Waals surface area contributed by atoms with E-state index >= 15 is 0 Å². The van der Waals surface area contributed by atoms with Gasteiger partial charge in [-0.25, -0.2) is 4.67 Å². The number of hydrogen-bond donors (Lipinski definition) is 3. The van der Waals surface area contributed by atoms with Crippen LogP contribution in [0.4, 0.5) is 13.2 Å². The largest absolute Gasteiger partial charge is 0.417 e. The number of aromatic nitrogens is 1. The number of aliphatic hydroxyl groups excluding tert-OH is 1. The molecule has 0 amide bonds. The Labute approximate surface area is 160 Å². The van der Waals surface area contributed by atoms with Crippen molar-refractivity contribution < 1.29 is 27.8 Å². The van der Waals surface area contributed by atoms with Gasteiger partial charge in [0.2, 0.25) is 0 Å². The third-order valence-electron chi connectivity index (χ3n) is 4.15. The molecule has 10 heteroatoms. The first-order valence-corrected chi connectivity index (χ1v) is 8.82. The Morgan fingerprint density at radius 1 is 1.56 bits per heavy atom. The van der Waals surface area contributed by atoms with E-state index in [9.17, 15) is 18.3 Å². The fourth-order valence-electron chi connectivity index (χ4n) is 2.59. The summed E-state index contributed by atoms with van der Waals surface area (Å²) in [6, 6.07) is 3.36. The van der Waals surface area contributed by atoms with E-state index in [-0.39, 0.29) is 19.6 Å². The van der Waals surface area contributed by atoms with E-state index < -0.39 is 30.4 Å². The van der Waals surface area contributed by atoms with E-state index in [0.717, 1.165) is 5.69 Å². The normalized spacial score (nSPS) is 24.0. The van der Waals surface area contributed by atoms with Gasteiger partial charge in [-0.2, -0.15) is 13.2 Å². The van der Waals surface area contributed by atoms with Crippen molar-refractivity contribution in [2.24, 2.45) is 5.92 Å². The number of ether oxygens (including phenoxy) is 2. The molecule has 2 heterocycles. The van der Waals surface area contributed by atoms with Gasteiger partial charge in [0.15, 0.2) is 12.3 Å². The van der Waals surface area contributed by atoms with Gasteiger partial charge in [-0.15, -0.1) is 0 Å². The van der Waals surface area contributed by atoms with Crippen LogP contribution in [0.15, 0.2) is 18.3 Å². The number of hydrogen-bond acceptors (Lipinski definition) is 4. The Balaban J connectivity index is 2.03. The smallest absolute Gasteiger partial charge is 0.392 e. The average molecular weight is 406 g/mol. The molecule has 0 aliphatic carbocycles. The molecule has 0 bridgehead atoms. The molecule has 27 heavy (non-hydrogen) atoms. The standard InChI is InChI=1S/C17H22F3N3O3S/c1-10-3-4-11(6-22-10)8-26-15(17(18,19)20)14-5-13(24)12(9-25-14)7-23-16(27)21-2/h3-4,6-7,12-15,24H,5,8-9H2,1-2H3,(H,21,27)/p+1/t12?,13-,14-,15+/m0/s1. The number of nitrogens with zero attached hydrogens (tertiary/aromatic N) is 2. The van der Waals surface area contributed by atoms with Crippen LogP contribution in [0.2, 0.25) is 0 Å². The van der Waals surface area contributed by atoms with Gasteiger partial charge in [-0.1, -0.05) is 6.07 Å². The predicted octanol–water partition coefficient (Wildman–Crippen LogP) is 1.25. The second-order valence-electron chi connectivity index (χ2n) is 6.27. The minimum Gasteiger partial charge on any atom is -0.392 e. The number of thiol groups is 1. The molecule has 1 aliphatic rings. The lowest BCUT2D eigenvalue weighted by atomic mass is 9.93. The molecule has 1 aromatic heterocycles. The van der Waals surface area contributed by atoms with E-state index in [1.807, 2.05) is 0 Å². The average Bonchev–Trinajstić information content (AvgIpc) is 2.61. The van der Waals surface area contributed by atoms with Crippen molar-refractivity contribution in [1.82, 2.24) is 15.0 Å². The Hall–Kier alpha value is -1.58. The molecule has 1 aromatic rings. The lowest BCUT2D eigenvalue weighted by molar-refractivity contribution is -0.266. The first-order chi connectivity index (χ1) is 12.7. The summed E-state index contributed by atoms with van der Waals surface area (Å²) in [7, 11) is 1.62. The summed E-state index contributed by atoms with van der Waals surface area (Å²) in [5.41, 5.74) is 1.29. The van der Waals surface area contributed by atoms with Crippen molar-refractivity contribution in [2.45, 2.75) is 44.4 Å². The summed E-state index contributed by atoms with van der Waals surface area (Å²) in [5, 5.41) is 13.2. The fraction of sp³-hybridized carbons (Fsp3) is 0.588. The number of rotatable bonds is 5. The third-order valence-corrected chi connectivity index (χ3v) is 4.48. The summed E-state index contributed by atoms with van der Waals surface area (Å²) in [6.07, 6.45) is -6.42. The van der Waals surface area contributed by atoms with Gasteiger partial charge in [-0.3, -0.25) is 10.3 Å². The molecule has 6 nitrogen and oxygen atoms in total. The maximum atomic E-state index is 13.4. The number of nitrogens with one attached hydrogen (secondary N) is 1. The zero-order chi connectivity index (χ0) is 20.0. The van der Waals surface area contributed by atoms with Gasteiger partial charge in [0, 0.05) is 18.3 Å². The molecule has 0 radical (unpaired) electrons. The minimum atomic E-state index is -4.62. The summed E-state index contributed by atoms with van der Waals surface area (Å²) in [4.78, 5) is 4.04. The minimum absolute atomic E-state index is 0.0951. The van der Waals surface area contributed by atoms with Crippen molar-refractivity contribution in [3.63, 3.8) is 0 Å². The van der Waals surface area contributed by atoms with Crippen LogP contribution in [0.3, 0.4) is 0 Å². The van der Waals surface area contributed by atoms with E-state index in [1.54, 1.807) is 26.1 Å². The molecule has 1 aliphatic heterocycles. The maximum absolute atomic E-state index is 13.4. The van der Waals surface area contributed by atoms with Gasteiger partial charge in [0.1, 0.15) is 0 Å². The molecule has 4 atom stereocenters. The quantitative estimate of drug-likeness (QED) is 0.297. The van der Waals surface area contributed by atoms with Crippen molar-refractivity contribution in [3.05, 3.63) is 29.6 Å². The number of halogens is 3. The number of amidine groups is 1.